The number of nitrogens with zero attached hydrogens (tertiary/aromatic N) is 3. The van der Waals surface area contributed by atoms with Gasteiger partial charge in [0.1, 0.15) is 0 Å². The van der Waals surface area contributed by atoms with Crippen molar-refractivity contribution in [3.05, 3.63) is 29.8 Å². The Balaban J connectivity index is 1.66. The van der Waals surface area contributed by atoms with Crippen LogP contribution in [0, 0.1) is 5.92 Å². The second kappa shape index (κ2) is 4.22. The highest BCUT2D eigenvalue weighted by Gasteiger charge is 2.67. The third-order valence-electron chi connectivity index (χ3n) is 4.54. The van der Waals surface area contributed by atoms with Gasteiger partial charge in [0.25, 0.3) is 5.91 Å². The lowest BCUT2D eigenvalue weighted by molar-refractivity contribution is -0.122. The fourth-order valence-corrected chi connectivity index (χ4v) is 3.19. The van der Waals surface area contributed by atoms with Crippen molar-refractivity contribution in [3.63, 3.8) is 0 Å². The van der Waals surface area contributed by atoms with Crippen LogP contribution in [0.25, 0.3) is 0 Å². The van der Waals surface area contributed by atoms with Crippen LogP contribution in [-0.2, 0) is 14.3 Å². The maximum atomic E-state index is 12.6. The molecule has 112 valence electrons. The molecule has 2 heterocycles. The number of benzene rings is 1. The molecule has 1 aromatic carbocycles. The SMILES string of the molecule is COC(=O)c1ccc(N2C(=O)[C@@H]3[C@@H](N=NC34CC4)C2=O)cc1. The van der Waals surface area contributed by atoms with Crippen LogP contribution in [0.5, 0.6) is 0 Å². The topological polar surface area (TPSA) is 88.4 Å². The molecule has 2 amide bonds. The van der Waals surface area contributed by atoms with E-state index in [9.17, 15) is 14.4 Å². The molecule has 7 nitrogen and oxygen atoms in total. The Kier molecular flexibility index (Phi) is 2.52. The van der Waals surface area contributed by atoms with Gasteiger partial charge in [0.05, 0.1) is 29.8 Å². The van der Waals surface area contributed by atoms with E-state index in [-0.39, 0.29) is 11.8 Å². The molecule has 1 spiro atoms. The van der Waals surface area contributed by atoms with Gasteiger partial charge in [-0.25, -0.2) is 9.69 Å². The fourth-order valence-electron chi connectivity index (χ4n) is 3.19. The Morgan fingerprint density at radius 3 is 2.50 bits per heavy atom. The van der Waals surface area contributed by atoms with Gasteiger partial charge in [-0.15, -0.1) is 0 Å². The summed E-state index contributed by atoms with van der Waals surface area (Å²) in [6.07, 6.45) is 1.62. The third-order valence-corrected chi connectivity index (χ3v) is 4.54. The number of methoxy groups -OCH3 is 1. The summed E-state index contributed by atoms with van der Waals surface area (Å²) in [4.78, 5) is 37.7. The van der Waals surface area contributed by atoms with Crippen LogP contribution < -0.4 is 4.90 Å². The van der Waals surface area contributed by atoms with Crippen molar-refractivity contribution in [1.82, 2.24) is 0 Å². The summed E-state index contributed by atoms with van der Waals surface area (Å²) < 4.78 is 4.63. The second-order valence-corrected chi connectivity index (χ2v) is 5.79. The van der Waals surface area contributed by atoms with Gasteiger partial charge < -0.3 is 4.74 Å². The lowest BCUT2D eigenvalue weighted by atomic mass is 9.94. The molecular weight excluding hydrogens is 286 g/mol. The van der Waals surface area contributed by atoms with Crippen molar-refractivity contribution in [2.75, 3.05) is 12.0 Å². The van der Waals surface area contributed by atoms with E-state index in [0.29, 0.717) is 11.3 Å². The maximum Gasteiger partial charge on any atom is 0.337 e. The van der Waals surface area contributed by atoms with Crippen molar-refractivity contribution in [2.45, 2.75) is 24.4 Å². The quantitative estimate of drug-likeness (QED) is 0.608. The zero-order chi connectivity index (χ0) is 15.5. The molecule has 2 fully saturated rings. The zero-order valence-corrected chi connectivity index (χ0v) is 11.9. The fraction of sp³-hybridized carbons (Fsp3) is 0.400. The first-order valence-corrected chi connectivity index (χ1v) is 7.06. The molecule has 3 aliphatic rings. The van der Waals surface area contributed by atoms with Gasteiger partial charge in [-0.3, -0.25) is 9.59 Å². The maximum absolute atomic E-state index is 12.6. The number of hydrogen-bond acceptors (Lipinski definition) is 6. The van der Waals surface area contributed by atoms with Gasteiger partial charge in [-0.05, 0) is 37.1 Å². The molecule has 2 aliphatic heterocycles. The van der Waals surface area contributed by atoms with E-state index >= 15 is 0 Å². The number of anilines is 1. The number of carbonyl (C=O) groups excluding carboxylic acids is 3. The van der Waals surface area contributed by atoms with Crippen molar-refractivity contribution in [3.8, 4) is 0 Å². The highest BCUT2D eigenvalue weighted by molar-refractivity contribution is 6.24. The minimum absolute atomic E-state index is 0.247. The molecule has 0 radical (unpaired) electrons. The Hall–Kier alpha value is -2.57. The number of azo groups is 1. The number of esters is 1. The van der Waals surface area contributed by atoms with Crippen LogP contribution in [-0.4, -0.2) is 36.5 Å². The summed E-state index contributed by atoms with van der Waals surface area (Å²) in [5.41, 5.74) is 0.380. The molecule has 1 saturated heterocycles. The Morgan fingerprint density at radius 1 is 1.23 bits per heavy atom. The molecule has 0 N–H and O–H groups in total. The minimum atomic E-state index is -0.685. The van der Waals surface area contributed by atoms with Gasteiger partial charge in [-0.1, -0.05) is 0 Å². The minimum Gasteiger partial charge on any atom is -0.465 e. The molecule has 0 aromatic heterocycles. The van der Waals surface area contributed by atoms with Crippen LogP contribution in [0.3, 0.4) is 0 Å². The summed E-state index contributed by atoms with van der Waals surface area (Å²) in [5, 5.41) is 8.15. The van der Waals surface area contributed by atoms with Crippen LogP contribution in [0.15, 0.2) is 34.5 Å². The Morgan fingerprint density at radius 2 is 1.91 bits per heavy atom. The molecule has 1 saturated carbocycles. The number of ether oxygens (including phenoxy) is 1. The van der Waals surface area contributed by atoms with Gasteiger partial charge in [0.2, 0.25) is 5.91 Å². The smallest absolute Gasteiger partial charge is 0.337 e. The number of amides is 2. The number of rotatable bonds is 2. The van der Waals surface area contributed by atoms with Crippen LogP contribution in [0.4, 0.5) is 5.69 Å². The zero-order valence-electron chi connectivity index (χ0n) is 11.9. The van der Waals surface area contributed by atoms with Gasteiger partial charge in [0, 0.05) is 0 Å². The van der Waals surface area contributed by atoms with Crippen LogP contribution in [0.1, 0.15) is 23.2 Å². The van der Waals surface area contributed by atoms with E-state index in [1.54, 1.807) is 12.1 Å². The monoisotopic (exact) mass is 299 g/mol. The predicted octanol–water partition coefficient (Wildman–Crippen LogP) is 1.33. The molecule has 0 bridgehead atoms. The third kappa shape index (κ3) is 1.59. The first-order chi connectivity index (χ1) is 10.6. The second-order valence-electron chi connectivity index (χ2n) is 5.79. The molecule has 4 rings (SSSR count). The highest BCUT2D eigenvalue weighted by Crippen LogP contribution is 2.55. The lowest BCUT2D eigenvalue weighted by Gasteiger charge is -2.16. The van der Waals surface area contributed by atoms with E-state index in [1.807, 2.05) is 0 Å². The Labute approximate surface area is 126 Å². The molecular formula is C15H13N3O4. The van der Waals surface area contributed by atoms with E-state index in [4.69, 9.17) is 0 Å². The van der Waals surface area contributed by atoms with E-state index in [2.05, 4.69) is 15.0 Å². The van der Waals surface area contributed by atoms with E-state index in [1.165, 1.54) is 19.2 Å². The predicted molar refractivity (Wildman–Crippen MR) is 74.4 cm³/mol. The summed E-state index contributed by atoms with van der Waals surface area (Å²) in [5.74, 6) is -1.51. The highest BCUT2D eigenvalue weighted by atomic mass is 16.5. The molecule has 22 heavy (non-hydrogen) atoms. The molecule has 7 heteroatoms. The lowest BCUT2D eigenvalue weighted by Crippen LogP contribution is -2.33. The van der Waals surface area contributed by atoms with Gasteiger partial charge in [-0.2, -0.15) is 10.2 Å². The molecule has 1 aliphatic carbocycles. The van der Waals surface area contributed by atoms with Crippen molar-refractivity contribution in [2.24, 2.45) is 16.1 Å². The average Bonchev–Trinajstić information content (AvgIpc) is 3.13. The Bertz CT molecular complexity index is 721. The van der Waals surface area contributed by atoms with Crippen molar-refractivity contribution in [1.29, 1.82) is 0 Å². The van der Waals surface area contributed by atoms with Crippen LogP contribution in [0.2, 0.25) is 0 Å². The van der Waals surface area contributed by atoms with E-state index in [0.717, 1.165) is 17.7 Å². The molecule has 2 atom stereocenters. The molecule has 0 unspecified atom stereocenters. The van der Waals surface area contributed by atoms with Crippen molar-refractivity contribution < 1.29 is 19.1 Å². The summed E-state index contributed by atoms with van der Waals surface area (Å²) in [6.45, 7) is 0. The van der Waals surface area contributed by atoms with Gasteiger partial charge >= 0.3 is 5.97 Å². The average molecular weight is 299 g/mol. The van der Waals surface area contributed by atoms with Gasteiger partial charge in [0.15, 0.2) is 6.04 Å². The standard InChI is InChI=1S/C15H13N3O4/c1-22-14(21)8-2-4-9(5-3-8)18-12(19)10-11(13(18)20)16-17-15(10)6-7-15/h2-5,10-11H,6-7H2,1H3/t10-,11+/m0/s1. The van der Waals surface area contributed by atoms with E-state index < -0.39 is 23.5 Å². The number of hydrogen-bond donors (Lipinski definition) is 0. The number of fused-ring (bicyclic) bond motifs is 2. The first-order valence-electron chi connectivity index (χ1n) is 7.06. The molecule has 1 aromatic rings. The largest absolute Gasteiger partial charge is 0.465 e. The first kappa shape index (κ1) is 13.1. The summed E-state index contributed by atoms with van der Waals surface area (Å²) in [6, 6.07) is 5.52. The van der Waals surface area contributed by atoms with Crippen LogP contribution >= 0.6 is 0 Å². The summed E-state index contributed by atoms with van der Waals surface area (Å²) in [7, 11) is 1.30. The summed E-state index contributed by atoms with van der Waals surface area (Å²) >= 11 is 0. The number of imide groups is 1. The normalized spacial score (nSPS) is 27.4. The number of carbonyl (C=O) groups is 3. The van der Waals surface area contributed by atoms with Crippen molar-refractivity contribution >= 4 is 23.5 Å².